The van der Waals surface area contributed by atoms with E-state index in [1.165, 1.54) is 57.8 Å². The number of rotatable bonds is 5. The molecule has 1 aliphatic heterocycles. The van der Waals surface area contributed by atoms with Crippen LogP contribution in [-0.4, -0.2) is 22.9 Å². The Morgan fingerprint density at radius 3 is 2.52 bits per heavy atom. The van der Waals surface area contributed by atoms with Gasteiger partial charge in [0.1, 0.15) is 5.60 Å². The zero-order chi connectivity index (χ0) is 20.6. The van der Waals surface area contributed by atoms with Gasteiger partial charge in [-0.1, -0.05) is 53.9 Å². The van der Waals surface area contributed by atoms with Gasteiger partial charge >= 0.3 is 0 Å². The average Bonchev–Trinajstić information content (AvgIpc) is 3.22. The molecule has 5 aliphatic rings. The van der Waals surface area contributed by atoms with Gasteiger partial charge in [-0.2, -0.15) is 0 Å². The maximum absolute atomic E-state index is 10.4. The summed E-state index contributed by atoms with van der Waals surface area (Å²) in [4.78, 5) is 0. The predicted octanol–water partition coefficient (Wildman–Crippen LogP) is 6.60. The molecule has 5 rings (SSSR count). The first-order valence-electron chi connectivity index (χ1n) is 13.1. The second kappa shape index (κ2) is 6.96. The van der Waals surface area contributed by atoms with Gasteiger partial charge in [0.05, 0.1) is 12.2 Å². The second-order valence-corrected chi connectivity index (χ2v) is 13.0. The van der Waals surface area contributed by atoms with Crippen LogP contribution in [0.25, 0.3) is 0 Å². The van der Waals surface area contributed by atoms with Crippen LogP contribution >= 0.6 is 0 Å². The fourth-order valence-corrected chi connectivity index (χ4v) is 9.68. The van der Waals surface area contributed by atoms with Crippen molar-refractivity contribution < 1.29 is 9.84 Å². The molecule has 2 nitrogen and oxygen atoms in total. The van der Waals surface area contributed by atoms with Gasteiger partial charge in [0.2, 0.25) is 0 Å². The number of ether oxygens (including phenoxy) is 1. The van der Waals surface area contributed by atoms with E-state index in [1.54, 1.807) is 0 Å². The lowest BCUT2D eigenvalue weighted by molar-refractivity contribution is -0.116. The standard InChI is InChI=1S/C27H46O2/c1-17(2)7-6-8-18(3)21-9-10-22-20-15-24-27(29-24)16-19(28)11-14-26(27,5)23(20)12-13-25(21,22)4/h17-24,28H,6-16H2,1-5H3/t18-,19-,20-,21+,22-,23-,24+,25+,26+,27-/m0/s1. The Morgan fingerprint density at radius 1 is 0.966 bits per heavy atom. The summed E-state index contributed by atoms with van der Waals surface area (Å²) >= 11 is 0. The Hall–Kier alpha value is -0.0800. The minimum atomic E-state index is -0.124. The molecule has 4 aliphatic carbocycles. The molecule has 1 N–H and O–H groups in total. The Balaban J connectivity index is 1.33. The van der Waals surface area contributed by atoms with Crippen LogP contribution in [0, 0.1) is 46.3 Å². The van der Waals surface area contributed by atoms with E-state index in [9.17, 15) is 5.11 Å². The van der Waals surface area contributed by atoms with Gasteiger partial charge in [0.15, 0.2) is 0 Å². The van der Waals surface area contributed by atoms with E-state index in [0.717, 1.165) is 48.3 Å². The van der Waals surface area contributed by atoms with Gasteiger partial charge < -0.3 is 9.84 Å². The van der Waals surface area contributed by atoms with Gasteiger partial charge in [-0.25, -0.2) is 0 Å². The zero-order valence-corrected chi connectivity index (χ0v) is 19.8. The van der Waals surface area contributed by atoms with E-state index in [0.29, 0.717) is 16.9 Å². The summed E-state index contributed by atoms with van der Waals surface area (Å²) in [5, 5.41) is 10.4. The van der Waals surface area contributed by atoms with Gasteiger partial charge in [-0.3, -0.25) is 0 Å². The van der Waals surface area contributed by atoms with E-state index in [2.05, 4.69) is 34.6 Å². The lowest BCUT2D eigenvalue weighted by Gasteiger charge is -2.59. The van der Waals surface area contributed by atoms with Crippen LogP contribution in [0.4, 0.5) is 0 Å². The molecule has 0 unspecified atom stereocenters. The molecule has 0 bridgehead atoms. The molecule has 166 valence electrons. The van der Waals surface area contributed by atoms with Crippen LogP contribution in [-0.2, 0) is 4.74 Å². The lowest BCUT2D eigenvalue weighted by Crippen LogP contribution is -2.58. The minimum Gasteiger partial charge on any atom is -0.393 e. The number of hydrogen-bond acceptors (Lipinski definition) is 2. The number of fused-ring (bicyclic) bond motifs is 4. The molecular weight excluding hydrogens is 356 g/mol. The maximum atomic E-state index is 10.4. The monoisotopic (exact) mass is 402 g/mol. The van der Waals surface area contributed by atoms with Crippen LogP contribution in [0.2, 0.25) is 0 Å². The van der Waals surface area contributed by atoms with Crippen molar-refractivity contribution in [2.75, 3.05) is 0 Å². The summed E-state index contributed by atoms with van der Waals surface area (Å²) in [6.07, 6.45) is 14.8. The quantitative estimate of drug-likeness (QED) is 0.525. The SMILES string of the molecule is CC(C)CCC[C@H](C)[C@H]1CC[C@H]2[C@@H]3C[C@H]4O[C@@]45C[C@@H](O)CC[C@]5(C)[C@H]3CC[C@]12C. The molecule has 1 heterocycles. The largest absolute Gasteiger partial charge is 0.393 e. The molecule has 29 heavy (non-hydrogen) atoms. The maximum Gasteiger partial charge on any atom is 0.103 e. The summed E-state index contributed by atoms with van der Waals surface area (Å²) < 4.78 is 6.51. The van der Waals surface area contributed by atoms with E-state index in [1.807, 2.05) is 0 Å². The molecule has 0 amide bonds. The molecular formula is C27H46O2. The van der Waals surface area contributed by atoms with Crippen molar-refractivity contribution in [2.45, 2.75) is 123 Å². The summed E-state index contributed by atoms with van der Waals surface area (Å²) in [6, 6.07) is 0. The van der Waals surface area contributed by atoms with Crippen molar-refractivity contribution in [1.29, 1.82) is 0 Å². The van der Waals surface area contributed by atoms with E-state index < -0.39 is 0 Å². The molecule has 10 atom stereocenters. The Labute approximate surface area is 179 Å². The Morgan fingerprint density at radius 2 is 1.76 bits per heavy atom. The molecule has 0 aromatic rings. The van der Waals surface area contributed by atoms with Crippen LogP contribution in [0.1, 0.15) is 105 Å². The highest BCUT2D eigenvalue weighted by Crippen LogP contribution is 2.74. The first-order valence-corrected chi connectivity index (χ1v) is 13.1. The number of epoxide rings is 1. The number of aliphatic hydroxyl groups excluding tert-OH is 1. The molecule has 1 saturated heterocycles. The third-order valence-electron chi connectivity index (χ3n) is 11.3. The van der Waals surface area contributed by atoms with Gasteiger partial charge in [0.25, 0.3) is 0 Å². The molecule has 0 radical (unpaired) electrons. The van der Waals surface area contributed by atoms with Crippen molar-refractivity contribution in [3.63, 3.8) is 0 Å². The van der Waals surface area contributed by atoms with E-state index in [-0.39, 0.29) is 11.7 Å². The lowest BCUT2D eigenvalue weighted by atomic mass is 9.44. The first kappa shape index (κ1) is 20.8. The smallest absolute Gasteiger partial charge is 0.103 e. The molecule has 4 saturated carbocycles. The van der Waals surface area contributed by atoms with Crippen molar-refractivity contribution in [2.24, 2.45) is 46.3 Å². The predicted molar refractivity (Wildman–Crippen MR) is 119 cm³/mol. The third-order valence-corrected chi connectivity index (χ3v) is 11.3. The highest BCUT2D eigenvalue weighted by atomic mass is 16.6. The summed E-state index contributed by atoms with van der Waals surface area (Å²) in [7, 11) is 0. The van der Waals surface area contributed by atoms with Crippen LogP contribution in [0.3, 0.4) is 0 Å². The fourth-order valence-electron chi connectivity index (χ4n) is 9.68. The highest BCUT2D eigenvalue weighted by molar-refractivity contribution is 5.24. The van der Waals surface area contributed by atoms with Crippen LogP contribution in [0.15, 0.2) is 0 Å². The second-order valence-electron chi connectivity index (χ2n) is 13.0. The van der Waals surface area contributed by atoms with Gasteiger partial charge in [0, 0.05) is 11.8 Å². The normalized spacial score (nSPS) is 54.3. The number of hydrogen-bond donors (Lipinski definition) is 1. The highest BCUT2D eigenvalue weighted by Gasteiger charge is 2.76. The third kappa shape index (κ3) is 2.94. The molecule has 0 aromatic carbocycles. The topological polar surface area (TPSA) is 32.8 Å². The number of aliphatic hydroxyl groups is 1. The average molecular weight is 403 g/mol. The van der Waals surface area contributed by atoms with Crippen LogP contribution in [0.5, 0.6) is 0 Å². The molecule has 2 heteroatoms. The van der Waals surface area contributed by atoms with Crippen molar-refractivity contribution >= 4 is 0 Å². The Bertz CT molecular complexity index is 630. The molecule has 0 aromatic heterocycles. The molecule has 5 fully saturated rings. The van der Waals surface area contributed by atoms with Gasteiger partial charge in [-0.15, -0.1) is 0 Å². The first-order chi connectivity index (χ1) is 13.7. The summed E-state index contributed by atoms with van der Waals surface area (Å²) in [5.41, 5.74) is 0.932. The fraction of sp³-hybridized carbons (Fsp3) is 1.00. The Kier molecular flexibility index (Phi) is 4.99. The van der Waals surface area contributed by atoms with Crippen molar-refractivity contribution in [3.05, 3.63) is 0 Å². The summed E-state index contributed by atoms with van der Waals surface area (Å²) in [5.74, 6) is 5.31. The van der Waals surface area contributed by atoms with E-state index in [4.69, 9.17) is 4.74 Å². The zero-order valence-electron chi connectivity index (χ0n) is 19.8. The van der Waals surface area contributed by atoms with Crippen molar-refractivity contribution in [3.8, 4) is 0 Å². The van der Waals surface area contributed by atoms with Gasteiger partial charge in [-0.05, 0) is 85.9 Å². The minimum absolute atomic E-state index is 0.0434. The van der Waals surface area contributed by atoms with Crippen molar-refractivity contribution in [1.82, 2.24) is 0 Å². The molecule has 1 spiro atoms. The van der Waals surface area contributed by atoms with Crippen LogP contribution < -0.4 is 0 Å². The summed E-state index contributed by atoms with van der Waals surface area (Å²) in [6.45, 7) is 12.6. The van der Waals surface area contributed by atoms with E-state index >= 15 is 0 Å².